The van der Waals surface area contributed by atoms with Crippen LogP contribution in [0, 0.1) is 16.7 Å². The van der Waals surface area contributed by atoms with Crippen molar-refractivity contribution in [3.8, 4) is 6.07 Å². The summed E-state index contributed by atoms with van der Waals surface area (Å²) in [5, 5.41) is 12.7. The van der Waals surface area contributed by atoms with Gasteiger partial charge in [0.05, 0.1) is 29.0 Å². The maximum Gasteiger partial charge on any atom is 0.227 e. The second-order valence-corrected chi connectivity index (χ2v) is 8.73. The van der Waals surface area contributed by atoms with Crippen LogP contribution in [0.15, 0.2) is 59.8 Å². The van der Waals surface area contributed by atoms with Crippen molar-refractivity contribution >= 4 is 23.1 Å². The fraction of sp³-hybridized carbons (Fsp3) is 0.320. The molecule has 2 aromatic rings. The molecule has 30 heavy (non-hydrogen) atoms. The molecule has 5 heteroatoms. The molecule has 0 spiro atoms. The fourth-order valence-corrected chi connectivity index (χ4v) is 4.49. The predicted octanol–water partition coefficient (Wildman–Crippen LogP) is 5.11. The van der Waals surface area contributed by atoms with Crippen molar-refractivity contribution in [3.63, 3.8) is 0 Å². The molecule has 0 saturated heterocycles. The fourth-order valence-electron chi connectivity index (χ4n) is 4.49. The SMILES string of the molecule is CCC(=O)N1c2ccccc2NC2=C(C(=O)CC(C)(C)C2)[C@@H]1c1ccc(C#N)cc1. The molecule has 0 aromatic heterocycles. The first kappa shape index (κ1) is 19.9. The van der Waals surface area contributed by atoms with Crippen LogP contribution in [0.1, 0.15) is 57.2 Å². The van der Waals surface area contributed by atoms with Gasteiger partial charge in [-0.25, -0.2) is 0 Å². The number of rotatable bonds is 2. The molecule has 0 radical (unpaired) electrons. The van der Waals surface area contributed by atoms with E-state index in [0.29, 0.717) is 24.0 Å². The number of para-hydroxylation sites is 2. The molecule has 0 bridgehead atoms. The number of ketones is 1. The Balaban J connectivity index is 2.00. The number of nitrogens with zero attached hydrogens (tertiary/aromatic N) is 2. The molecule has 4 rings (SSSR count). The van der Waals surface area contributed by atoms with E-state index in [2.05, 4.69) is 25.2 Å². The first-order chi connectivity index (χ1) is 14.3. The van der Waals surface area contributed by atoms with Gasteiger partial charge < -0.3 is 5.32 Å². The first-order valence-corrected chi connectivity index (χ1v) is 10.3. The van der Waals surface area contributed by atoms with Crippen molar-refractivity contribution in [1.29, 1.82) is 5.26 Å². The molecule has 1 aliphatic carbocycles. The number of nitrogens with one attached hydrogen (secondary N) is 1. The van der Waals surface area contributed by atoms with Crippen molar-refractivity contribution in [2.24, 2.45) is 5.41 Å². The summed E-state index contributed by atoms with van der Waals surface area (Å²) in [5.41, 5.74) is 4.34. The topological polar surface area (TPSA) is 73.2 Å². The van der Waals surface area contributed by atoms with Gasteiger partial charge in [0.1, 0.15) is 0 Å². The van der Waals surface area contributed by atoms with Crippen LogP contribution < -0.4 is 10.2 Å². The Kier molecular flexibility index (Phi) is 4.95. The zero-order valence-corrected chi connectivity index (χ0v) is 17.5. The standard InChI is InChI=1S/C25H25N3O2/c1-4-22(30)28-20-8-6-5-7-18(20)27-19-13-25(2,3)14-21(29)23(19)24(28)17-11-9-16(15-26)10-12-17/h5-12,24,27H,4,13-14H2,1-3H3/t24-/m0/s1. The van der Waals surface area contributed by atoms with E-state index in [9.17, 15) is 14.9 Å². The molecular weight excluding hydrogens is 374 g/mol. The third kappa shape index (κ3) is 3.39. The van der Waals surface area contributed by atoms with Crippen molar-refractivity contribution in [2.45, 2.75) is 46.1 Å². The summed E-state index contributed by atoms with van der Waals surface area (Å²) in [7, 11) is 0. The Morgan fingerprint density at radius 3 is 2.53 bits per heavy atom. The number of anilines is 2. The van der Waals surface area contributed by atoms with Crippen LogP contribution in [-0.2, 0) is 9.59 Å². The Hall–Kier alpha value is -3.39. The summed E-state index contributed by atoms with van der Waals surface area (Å²) >= 11 is 0. The van der Waals surface area contributed by atoms with Crippen molar-refractivity contribution < 1.29 is 9.59 Å². The number of allylic oxidation sites excluding steroid dienone is 1. The monoisotopic (exact) mass is 399 g/mol. The van der Waals surface area contributed by atoms with Gasteiger partial charge in [-0.2, -0.15) is 5.26 Å². The van der Waals surface area contributed by atoms with Gasteiger partial charge in [-0.05, 0) is 41.7 Å². The lowest BCUT2D eigenvalue weighted by Crippen LogP contribution is -2.39. The highest BCUT2D eigenvalue weighted by Gasteiger charge is 2.42. The van der Waals surface area contributed by atoms with Crippen molar-refractivity contribution in [2.75, 3.05) is 10.2 Å². The van der Waals surface area contributed by atoms with Crippen LogP contribution in [0.3, 0.4) is 0 Å². The van der Waals surface area contributed by atoms with E-state index in [1.54, 1.807) is 17.0 Å². The molecule has 5 nitrogen and oxygen atoms in total. The number of fused-ring (bicyclic) bond motifs is 1. The van der Waals surface area contributed by atoms with Gasteiger partial charge in [-0.15, -0.1) is 0 Å². The molecule has 152 valence electrons. The highest BCUT2D eigenvalue weighted by Crippen LogP contribution is 2.48. The van der Waals surface area contributed by atoms with Gasteiger partial charge in [0.15, 0.2) is 5.78 Å². The number of Topliss-reactive ketones (excluding diaryl/α,β-unsaturated/α-hetero) is 1. The summed E-state index contributed by atoms with van der Waals surface area (Å²) in [6.07, 6.45) is 1.48. The molecule has 0 unspecified atom stereocenters. The van der Waals surface area contributed by atoms with Crippen LogP contribution in [0.4, 0.5) is 11.4 Å². The third-order valence-corrected chi connectivity index (χ3v) is 5.83. The quantitative estimate of drug-likeness (QED) is 0.761. The largest absolute Gasteiger partial charge is 0.357 e. The summed E-state index contributed by atoms with van der Waals surface area (Å²) in [5.74, 6) is 0.00909. The van der Waals surface area contributed by atoms with Gasteiger partial charge in [-0.1, -0.05) is 45.0 Å². The Morgan fingerprint density at radius 1 is 1.17 bits per heavy atom. The van der Waals surface area contributed by atoms with Crippen LogP contribution in [-0.4, -0.2) is 11.7 Å². The zero-order chi connectivity index (χ0) is 21.5. The molecule has 1 aliphatic heterocycles. The molecular formula is C25H25N3O2. The Labute approximate surface area is 177 Å². The summed E-state index contributed by atoms with van der Waals surface area (Å²) in [4.78, 5) is 28.4. The average Bonchev–Trinajstić information content (AvgIpc) is 2.86. The van der Waals surface area contributed by atoms with E-state index in [4.69, 9.17) is 0 Å². The smallest absolute Gasteiger partial charge is 0.227 e. The van der Waals surface area contributed by atoms with Gasteiger partial charge >= 0.3 is 0 Å². The second kappa shape index (κ2) is 7.46. The number of nitriles is 1. The maximum absolute atomic E-state index is 13.4. The van der Waals surface area contributed by atoms with E-state index in [1.807, 2.05) is 43.3 Å². The third-order valence-electron chi connectivity index (χ3n) is 5.83. The number of carbonyl (C=O) groups is 2. The van der Waals surface area contributed by atoms with E-state index >= 15 is 0 Å². The highest BCUT2D eigenvalue weighted by atomic mass is 16.2. The molecule has 2 aromatic carbocycles. The van der Waals surface area contributed by atoms with Gasteiger partial charge in [0, 0.05) is 24.1 Å². The van der Waals surface area contributed by atoms with Crippen molar-refractivity contribution in [3.05, 3.63) is 70.9 Å². The van der Waals surface area contributed by atoms with Crippen molar-refractivity contribution in [1.82, 2.24) is 0 Å². The highest BCUT2D eigenvalue weighted by molar-refractivity contribution is 6.06. The van der Waals surface area contributed by atoms with Crippen LogP contribution in [0.2, 0.25) is 0 Å². The Morgan fingerprint density at radius 2 is 1.87 bits per heavy atom. The lowest BCUT2D eigenvalue weighted by atomic mass is 9.73. The van der Waals surface area contributed by atoms with Gasteiger partial charge in [0.25, 0.3) is 0 Å². The second-order valence-electron chi connectivity index (χ2n) is 8.73. The molecule has 1 N–H and O–H groups in total. The van der Waals surface area contributed by atoms with Crippen LogP contribution in [0.25, 0.3) is 0 Å². The number of amides is 1. The lowest BCUT2D eigenvalue weighted by molar-refractivity contribution is -0.119. The minimum Gasteiger partial charge on any atom is -0.357 e. The number of benzene rings is 2. The van der Waals surface area contributed by atoms with Crippen LogP contribution in [0.5, 0.6) is 0 Å². The summed E-state index contributed by atoms with van der Waals surface area (Å²) < 4.78 is 0. The number of carbonyl (C=O) groups excluding carboxylic acids is 2. The lowest BCUT2D eigenvalue weighted by Gasteiger charge is -2.37. The molecule has 0 saturated carbocycles. The maximum atomic E-state index is 13.4. The van der Waals surface area contributed by atoms with E-state index in [0.717, 1.165) is 29.1 Å². The van der Waals surface area contributed by atoms with E-state index < -0.39 is 6.04 Å². The predicted molar refractivity (Wildman–Crippen MR) is 117 cm³/mol. The normalized spacial score (nSPS) is 19.9. The summed E-state index contributed by atoms with van der Waals surface area (Å²) in [6.45, 7) is 6.03. The summed E-state index contributed by atoms with van der Waals surface area (Å²) in [6, 6.07) is 16.5. The molecule has 1 heterocycles. The minimum atomic E-state index is -0.528. The average molecular weight is 399 g/mol. The van der Waals surface area contributed by atoms with Gasteiger partial charge in [-0.3, -0.25) is 14.5 Å². The molecule has 0 fully saturated rings. The molecule has 1 amide bonds. The number of hydrogen-bond acceptors (Lipinski definition) is 4. The first-order valence-electron chi connectivity index (χ1n) is 10.3. The minimum absolute atomic E-state index is 0.0509. The van der Waals surface area contributed by atoms with Gasteiger partial charge in [0.2, 0.25) is 5.91 Å². The van der Waals surface area contributed by atoms with Crippen LogP contribution >= 0.6 is 0 Å². The number of hydrogen-bond donors (Lipinski definition) is 1. The Bertz CT molecular complexity index is 1090. The molecule has 1 atom stereocenters. The van der Waals surface area contributed by atoms with E-state index in [-0.39, 0.29) is 17.1 Å². The van der Waals surface area contributed by atoms with E-state index in [1.165, 1.54) is 0 Å². The molecule has 2 aliphatic rings. The zero-order valence-electron chi connectivity index (χ0n) is 17.5.